The van der Waals surface area contributed by atoms with Crippen molar-refractivity contribution in [2.45, 2.75) is 0 Å². The SMILES string of the molecule is C=CCOc1ccc(-c2ccc(C#Cc3ccc4c(F)c(F)ccc4c3)cc2)c(F)c1. The molecule has 0 unspecified atom stereocenters. The van der Waals surface area contributed by atoms with Crippen molar-refractivity contribution in [1.29, 1.82) is 0 Å². The van der Waals surface area contributed by atoms with Gasteiger partial charge in [-0.3, -0.25) is 0 Å². The lowest BCUT2D eigenvalue weighted by Gasteiger charge is -2.07. The van der Waals surface area contributed by atoms with Crippen molar-refractivity contribution in [1.82, 2.24) is 0 Å². The van der Waals surface area contributed by atoms with Crippen LogP contribution in [0.5, 0.6) is 5.75 Å². The van der Waals surface area contributed by atoms with Crippen molar-refractivity contribution >= 4 is 10.8 Å². The molecule has 0 amide bonds. The van der Waals surface area contributed by atoms with Gasteiger partial charge in [0, 0.05) is 28.1 Å². The molecular weight excluding hydrogens is 397 g/mol. The summed E-state index contributed by atoms with van der Waals surface area (Å²) in [7, 11) is 0. The van der Waals surface area contributed by atoms with Crippen LogP contribution in [0.1, 0.15) is 11.1 Å². The van der Waals surface area contributed by atoms with Crippen LogP contribution >= 0.6 is 0 Å². The molecule has 0 saturated carbocycles. The summed E-state index contributed by atoms with van der Waals surface area (Å²) in [6.45, 7) is 3.88. The van der Waals surface area contributed by atoms with Crippen molar-refractivity contribution < 1.29 is 17.9 Å². The van der Waals surface area contributed by atoms with Gasteiger partial charge in [-0.25, -0.2) is 13.2 Å². The molecule has 4 rings (SSSR count). The Bertz CT molecular complexity index is 1330. The van der Waals surface area contributed by atoms with Crippen molar-refractivity contribution in [3.63, 3.8) is 0 Å². The van der Waals surface area contributed by atoms with E-state index in [1.54, 1.807) is 54.6 Å². The quantitative estimate of drug-likeness (QED) is 0.261. The first-order chi connectivity index (χ1) is 15.0. The topological polar surface area (TPSA) is 9.23 Å². The van der Waals surface area contributed by atoms with Gasteiger partial charge in [0.1, 0.15) is 18.2 Å². The van der Waals surface area contributed by atoms with E-state index in [4.69, 9.17) is 4.74 Å². The molecule has 0 spiro atoms. The first-order valence-corrected chi connectivity index (χ1v) is 9.58. The fraction of sp³-hybridized carbons (Fsp3) is 0.0370. The fourth-order valence-electron chi connectivity index (χ4n) is 3.20. The monoisotopic (exact) mass is 414 g/mol. The molecular formula is C27H17F3O. The standard InChI is InChI=1S/C27H17F3O/c1-2-15-31-22-11-13-23(26(29)17-22)20-8-5-18(6-9-20)3-4-19-7-12-24-21(16-19)10-14-25(28)27(24)30/h2,5-14,16-17H,1,15H2. The predicted octanol–water partition coefficient (Wildman–Crippen LogP) is 6.89. The number of halogens is 3. The average molecular weight is 414 g/mol. The summed E-state index contributed by atoms with van der Waals surface area (Å²) in [5.41, 5.74) is 2.62. The van der Waals surface area contributed by atoms with Crippen LogP contribution in [0.4, 0.5) is 13.2 Å². The third-order valence-corrected chi connectivity index (χ3v) is 4.76. The number of ether oxygens (including phenoxy) is 1. The maximum atomic E-state index is 14.4. The van der Waals surface area contributed by atoms with E-state index >= 15 is 0 Å². The first kappa shape index (κ1) is 20.3. The fourth-order valence-corrected chi connectivity index (χ4v) is 3.20. The highest BCUT2D eigenvalue weighted by molar-refractivity contribution is 5.84. The maximum Gasteiger partial charge on any atom is 0.166 e. The number of fused-ring (bicyclic) bond motifs is 1. The minimum Gasteiger partial charge on any atom is -0.489 e. The second kappa shape index (κ2) is 8.81. The van der Waals surface area contributed by atoms with Crippen molar-refractivity contribution in [3.05, 3.63) is 114 Å². The number of benzene rings is 4. The molecule has 0 aliphatic heterocycles. The van der Waals surface area contributed by atoms with Crippen LogP contribution in [0, 0.1) is 29.3 Å². The van der Waals surface area contributed by atoms with Gasteiger partial charge in [-0.1, -0.05) is 48.8 Å². The molecule has 4 heteroatoms. The highest BCUT2D eigenvalue weighted by atomic mass is 19.2. The Morgan fingerprint density at radius 3 is 2.26 bits per heavy atom. The Labute approximate surface area is 178 Å². The normalized spacial score (nSPS) is 10.4. The molecule has 0 heterocycles. The van der Waals surface area contributed by atoms with Gasteiger partial charge in [0.25, 0.3) is 0 Å². The molecule has 0 bridgehead atoms. The summed E-state index contributed by atoms with van der Waals surface area (Å²) in [5, 5.41) is 0.801. The van der Waals surface area contributed by atoms with Crippen LogP contribution in [-0.2, 0) is 0 Å². The molecule has 0 fully saturated rings. The molecule has 0 N–H and O–H groups in total. The molecule has 0 radical (unpaired) electrons. The molecule has 0 aliphatic rings. The van der Waals surface area contributed by atoms with Crippen LogP contribution in [0.3, 0.4) is 0 Å². The van der Waals surface area contributed by atoms with E-state index < -0.39 is 11.6 Å². The Hall–Kier alpha value is -3.97. The van der Waals surface area contributed by atoms with Gasteiger partial charge >= 0.3 is 0 Å². The first-order valence-electron chi connectivity index (χ1n) is 9.58. The summed E-state index contributed by atoms with van der Waals surface area (Å²) in [6, 6.07) is 19.4. The number of hydrogen-bond donors (Lipinski definition) is 0. The summed E-state index contributed by atoms with van der Waals surface area (Å²) < 4.78 is 46.9. The zero-order valence-corrected chi connectivity index (χ0v) is 16.5. The van der Waals surface area contributed by atoms with Crippen molar-refractivity contribution in [3.8, 4) is 28.7 Å². The molecule has 0 aromatic heterocycles. The van der Waals surface area contributed by atoms with E-state index in [1.807, 2.05) is 0 Å². The van der Waals surface area contributed by atoms with Crippen LogP contribution in [0.15, 0.2) is 85.5 Å². The van der Waals surface area contributed by atoms with E-state index in [2.05, 4.69) is 18.4 Å². The molecule has 0 atom stereocenters. The summed E-state index contributed by atoms with van der Waals surface area (Å²) in [4.78, 5) is 0. The van der Waals surface area contributed by atoms with E-state index in [-0.39, 0.29) is 11.2 Å². The third kappa shape index (κ3) is 4.46. The largest absolute Gasteiger partial charge is 0.489 e. The van der Waals surface area contributed by atoms with Crippen LogP contribution in [-0.4, -0.2) is 6.61 Å². The highest BCUT2D eigenvalue weighted by Gasteiger charge is 2.08. The van der Waals surface area contributed by atoms with Gasteiger partial charge in [-0.05, 0) is 53.4 Å². The van der Waals surface area contributed by atoms with Crippen LogP contribution < -0.4 is 4.74 Å². The zero-order valence-electron chi connectivity index (χ0n) is 16.5. The number of rotatable bonds is 4. The van der Waals surface area contributed by atoms with Gasteiger partial charge in [0.2, 0.25) is 0 Å². The minimum atomic E-state index is -0.873. The Kier molecular flexibility index (Phi) is 5.77. The van der Waals surface area contributed by atoms with E-state index in [0.717, 1.165) is 17.2 Å². The van der Waals surface area contributed by atoms with Crippen molar-refractivity contribution in [2.24, 2.45) is 0 Å². The molecule has 4 aromatic rings. The van der Waals surface area contributed by atoms with Gasteiger partial charge in [0.05, 0.1) is 0 Å². The smallest absolute Gasteiger partial charge is 0.166 e. The Morgan fingerprint density at radius 1 is 0.774 bits per heavy atom. The zero-order chi connectivity index (χ0) is 21.8. The van der Waals surface area contributed by atoms with Crippen LogP contribution in [0.2, 0.25) is 0 Å². The average Bonchev–Trinajstić information content (AvgIpc) is 2.79. The van der Waals surface area contributed by atoms with Crippen molar-refractivity contribution in [2.75, 3.05) is 6.61 Å². The van der Waals surface area contributed by atoms with Gasteiger partial charge in [-0.2, -0.15) is 0 Å². The van der Waals surface area contributed by atoms with Gasteiger partial charge < -0.3 is 4.74 Å². The summed E-state index contributed by atoms with van der Waals surface area (Å²) in [5.74, 6) is 4.39. The molecule has 0 aliphatic carbocycles. The molecule has 152 valence electrons. The maximum absolute atomic E-state index is 14.4. The van der Waals surface area contributed by atoms with E-state index in [9.17, 15) is 13.2 Å². The Morgan fingerprint density at radius 2 is 1.52 bits per heavy atom. The van der Waals surface area contributed by atoms with E-state index in [0.29, 0.717) is 28.9 Å². The lowest BCUT2D eigenvalue weighted by Crippen LogP contribution is -1.94. The summed E-state index contributed by atoms with van der Waals surface area (Å²) >= 11 is 0. The highest BCUT2D eigenvalue weighted by Crippen LogP contribution is 2.27. The lowest BCUT2D eigenvalue weighted by atomic mass is 10.0. The predicted molar refractivity (Wildman–Crippen MR) is 117 cm³/mol. The van der Waals surface area contributed by atoms with Gasteiger partial charge in [-0.15, -0.1) is 0 Å². The lowest BCUT2D eigenvalue weighted by molar-refractivity contribution is 0.361. The summed E-state index contributed by atoms with van der Waals surface area (Å²) in [6.07, 6.45) is 1.60. The second-order valence-electron chi connectivity index (χ2n) is 6.87. The molecule has 0 saturated heterocycles. The Balaban J connectivity index is 1.55. The molecule has 4 aromatic carbocycles. The molecule has 31 heavy (non-hydrogen) atoms. The third-order valence-electron chi connectivity index (χ3n) is 4.76. The number of hydrogen-bond acceptors (Lipinski definition) is 1. The molecule has 1 nitrogen and oxygen atoms in total. The second-order valence-corrected chi connectivity index (χ2v) is 6.87. The van der Waals surface area contributed by atoms with Crippen LogP contribution in [0.25, 0.3) is 21.9 Å². The van der Waals surface area contributed by atoms with E-state index in [1.165, 1.54) is 18.2 Å². The minimum absolute atomic E-state index is 0.220. The van der Waals surface area contributed by atoms with Gasteiger partial charge in [0.15, 0.2) is 11.6 Å².